The van der Waals surface area contributed by atoms with Crippen molar-refractivity contribution < 1.29 is 37.3 Å². The average Bonchev–Trinajstić information content (AvgIpc) is 2.71. The van der Waals surface area contributed by atoms with Crippen molar-refractivity contribution in [2.24, 2.45) is 0 Å². The average molecular weight is 405 g/mol. The van der Waals surface area contributed by atoms with Gasteiger partial charge in [-0.05, 0) is 42.0 Å². The number of halogens is 2. The van der Waals surface area contributed by atoms with E-state index in [1.54, 1.807) is 12.1 Å². The highest BCUT2D eigenvalue weighted by Gasteiger charge is 2.19. The summed E-state index contributed by atoms with van der Waals surface area (Å²) in [6.07, 6.45) is 2.78. The number of rotatable bonds is 7. The first-order valence-electron chi connectivity index (χ1n) is 8.41. The van der Waals surface area contributed by atoms with Crippen molar-refractivity contribution in [3.05, 3.63) is 47.5 Å². The van der Waals surface area contributed by atoms with Gasteiger partial charge in [-0.2, -0.15) is 8.78 Å². The fourth-order valence-electron chi connectivity index (χ4n) is 2.71. The first kappa shape index (κ1) is 20.1. The second-order valence-corrected chi connectivity index (χ2v) is 5.88. The van der Waals surface area contributed by atoms with Gasteiger partial charge in [-0.25, -0.2) is 0 Å². The Morgan fingerprint density at radius 3 is 2.48 bits per heavy atom. The summed E-state index contributed by atoms with van der Waals surface area (Å²) < 4.78 is 45.1. The molecule has 0 spiro atoms. The molecule has 29 heavy (non-hydrogen) atoms. The van der Waals surface area contributed by atoms with Crippen LogP contribution in [0.25, 0.3) is 6.08 Å². The molecular weight excluding hydrogens is 388 g/mol. The number of alkyl halides is 2. The van der Waals surface area contributed by atoms with E-state index in [4.69, 9.17) is 14.2 Å². The van der Waals surface area contributed by atoms with Crippen LogP contribution in [-0.4, -0.2) is 39.1 Å². The van der Waals surface area contributed by atoms with E-state index in [1.165, 1.54) is 44.6 Å². The molecule has 0 aliphatic carbocycles. The molecule has 9 heteroatoms. The van der Waals surface area contributed by atoms with Gasteiger partial charge >= 0.3 is 6.61 Å². The Morgan fingerprint density at radius 2 is 1.86 bits per heavy atom. The van der Waals surface area contributed by atoms with E-state index in [-0.39, 0.29) is 35.5 Å². The van der Waals surface area contributed by atoms with Crippen LogP contribution >= 0.6 is 0 Å². The Morgan fingerprint density at radius 1 is 1.17 bits per heavy atom. The smallest absolute Gasteiger partial charge is 0.387 e. The fraction of sp³-hybridized carbons (Fsp3) is 0.200. The number of hydrogen-bond acceptors (Lipinski definition) is 6. The van der Waals surface area contributed by atoms with Gasteiger partial charge in [0.1, 0.15) is 5.75 Å². The molecule has 1 N–H and O–H groups in total. The molecule has 1 aliphatic rings. The molecule has 2 aromatic rings. The van der Waals surface area contributed by atoms with Gasteiger partial charge in [0.2, 0.25) is 5.75 Å². The van der Waals surface area contributed by atoms with E-state index in [0.29, 0.717) is 22.6 Å². The maximum absolute atomic E-state index is 12.6. The third kappa shape index (κ3) is 4.63. The zero-order valence-electron chi connectivity index (χ0n) is 15.5. The Bertz CT molecular complexity index is 948. The Labute approximate surface area is 164 Å². The first-order valence-corrected chi connectivity index (χ1v) is 8.41. The number of amides is 1. The fourth-order valence-corrected chi connectivity index (χ4v) is 2.71. The molecular formula is C20H17F2NO6. The highest BCUT2D eigenvalue weighted by atomic mass is 19.3. The van der Waals surface area contributed by atoms with Crippen LogP contribution in [0.1, 0.15) is 15.9 Å². The molecule has 0 fully saturated rings. The highest BCUT2D eigenvalue weighted by Crippen LogP contribution is 2.40. The number of benzene rings is 2. The van der Waals surface area contributed by atoms with Crippen LogP contribution in [-0.2, 0) is 4.79 Å². The number of anilines is 1. The summed E-state index contributed by atoms with van der Waals surface area (Å²) in [5.74, 6) is -0.328. The molecule has 0 unspecified atom stereocenters. The van der Waals surface area contributed by atoms with Gasteiger partial charge in [-0.3, -0.25) is 9.59 Å². The SMILES string of the molecule is COc1cc(/C=C/C(=O)c2ccc3c(c2)NC(=O)CO3)cc(OC)c1OC(F)F. The summed E-state index contributed by atoms with van der Waals surface area (Å²) in [5.41, 5.74) is 1.22. The number of ether oxygens (including phenoxy) is 4. The summed E-state index contributed by atoms with van der Waals surface area (Å²) in [6.45, 7) is -3.12. The lowest BCUT2D eigenvalue weighted by molar-refractivity contribution is -0.118. The van der Waals surface area contributed by atoms with Crippen molar-refractivity contribution in [3.8, 4) is 23.0 Å². The number of nitrogens with one attached hydrogen (secondary N) is 1. The molecule has 1 aliphatic heterocycles. The topological polar surface area (TPSA) is 83.1 Å². The summed E-state index contributed by atoms with van der Waals surface area (Å²) in [4.78, 5) is 23.9. The minimum atomic E-state index is -3.05. The number of carbonyl (C=O) groups excluding carboxylic acids is 2. The van der Waals surface area contributed by atoms with Crippen molar-refractivity contribution in [1.29, 1.82) is 0 Å². The molecule has 3 rings (SSSR count). The molecule has 0 radical (unpaired) electrons. The molecule has 0 saturated heterocycles. The van der Waals surface area contributed by atoms with E-state index in [1.807, 2.05) is 0 Å². The van der Waals surface area contributed by atoms with E-state index < -0.39 is 6.61 Å². The third-order valence-electron chi connectivity index (χ3n) is 4.01. The minimum absolute atomic E-state index is 0.0328. The predicted octanol–water partition coefficient (Wildman–Crippen LogP) is 3.53. The van der Waals surface area contributed by atoms with E-state index in [9.17, 15) is 18.4 Å². The zero-order chi connectivity index (χ0) is 21.0. The number of allylic oxidation sites excluding steroid dienone is 1. The molecule has 7 nitrogen and oxygen atoms in total. The molecule has 0 saturated carbocycles. The quantitative estimate of drug-likeness (QED) is 0.561. The second-order valence-electron chi connectivity index (χ2n) is 5.88. The van der Waals surface area contributed by atoms with E-state index in [0.717, 1.165) is 0 Å². The maximum atomic E-state index is 12.6. The van der Waals surface area contributed by atoms with Crippen molar-refractivity contribution in [2.75, 3.05) is 26.1 Å². The zero-order valence-corrected chi connectivity index (χ0v) is 15.5. The van der Waals surface area contributed by atoms with Crippen molar-refractivity contribution >= 4 is 23.5 Å². The molecule has 152 valence electrons. The summed E-state index contributed by atoms with van der Waals surface area (Å²) in [7, 11) is 2.60. The van der Waals surface area contributed by atoms with Gasteiger partial charge in [0.05, 0.1) is 19.9 Å². The normalized spacial score (nSPS) is 12.9. The van der Waals surface area contributed by atoms with Gasteiger partial charge in [0, 0.05) is 5.56 Å². The standard InChI is InChI=1S/C20H17F2NO6/c1-26-16-7-11(8-17(27-2)19(16)29-20(21)22)3-5-14(24)12-4-6-15-13(9-12)23-18(25)10-28-15/h3-9,20H,10H2,1-2H3,(H,23,25)/b5-3+. The van der Waals surface area contributed by atoms with Crippen molar-refractivity contribution in [3.63, 3.8) is 0 Å². The van der Waals surface area contributed by atoms with Gasteiger partial charge in [0.25, 0.3) is 5.91 Å². The summed E-state index contributed by atoms with van der Waals surface area (Å²) in [5, 5.41) is 2.63. The molecule has 0 atom stereocenters. The van der Waals surface area contributed by atoms with Crippen molar-refractivity contribution in [1.82, 2.24) is 0 Å². The molecule has 0 aromatic heterocycles. The lowest BCUT2D eigenvalue weighted by atomic mass is 10.1. The lowest BCUT2D eigenvalue weighted by Crippen LogP contribution is -2.25. The van der Waals surface area contributed by atoms with Crippen LogP contribution < -0.4 is 24.3 Å². The van der Waals surface area contributed by atoms with E-state index in [2.05, 4.69) is 10.1 Å². The lowest BCUT2D eigenvalue weighted by Gasteiger charge is -2.18. The van der Waals surface area contributed by atoms with Crippen LogP contribution in [0.5, 0.6) is 23.0 Å². The Hall–Kier alpha value is -3.62. The Kier molecular flexibility index (Phi) is 5.96. The summed E-state index contributed by atoms with van der Waals surface area (Å²) in [6, 6.07) is 7.55. The van der Waals surface area contributed by atoms with E-state index >= 15 is 0 Å². The largest absolute Gasteiger partial charge is 0.493 e. The first-order chi connectivity index (χ1) is 13.9. The van der Waals surface area contributed by atoms with Gasteiger partial charge in [-0.15, -0.1) is 0 Å². The van der Waals surface area contributed by atoms with Gasteiger partial charge < -0.3 is 24.3 Å². The van der Waals surface area contributed by atoms with Crippen LogP contribution in [0.4, 0.5) is 14.5 Å². The van der Waals surface area contributed by atoms with Crippen molar-refractivity contribution in [2.45, 2.75) is 6.61 Å². The molecule has 1 amide bonds. The monoisotopic (exact) mass is 405 g/mol. The minimum Gasteiger partial charge on any atom is -0.493 e. The number of carbonyl (C=O) groups is 2. The molecule has 1 heterocycles. The van der Waals surface area contributed by atoms with Crippen LogP contribution in [0.2, 0.25) is 0 Å². The maximum Gasteiger partial charge on any atom is 0.387 e. The van der Waals surface area contributed by atoms with Gasteiger partial charge in [0.15, 0.2) is 23.9 Å². The predicted molar refractivity (Wildman–Crippen MR) is 100 cm³/mol. The van der Waals surface area contributed by atoms with Crippen LogP contribution in [0, 0.1) is 0 Å². The second kappa shape index (κ2) is 8.59. The van der Waals surface area contributed by atoms with Crippen LogP contribution in [0.3, 0.4) is 0 Å². The van der Waals surface area contributed by atoms with Gasteiger partial charge in [-0.1, -0.05) is 6.08 Å². The molecule has 0 bridgehead atoms. The third-order valence-corrected chi connectivity index (χ3v) is 4.01. The summed E-state index contributed by atoms with van der Waals surface area (Å²) >= 11 is 0. The number of ketones is 1. The van der Waals surface area contributed by atoms with Crippen LogP contribution in [0.15, 0.2) is 36.4 Å². The molecule has 2 aromatic carbocycles. The number of fused-ring (bicyclic) bond motifs is 1. The Balaban J connectivity index is 1.85. The number of hydrogen-bond donors (Lipinski definition) is 1. The number of methoxy groups -OCH3 is 2. The highest BCUT2D eigenvalue weighted by molar-refractivity contribution is 6.08.